The maximum Gasteiger partial charge on any atom is 0.471 e. The Kier molecular flexibility index (Phi) is 5.21. The Labute approximate surface area is 132 Å². The van der Waals surface area contributed by atoms with Gasteiger partial charge in [0.2, 0.25) is 5.88 Å². The minimum absolute atomic E-state index is 0.0343. The first-order valence-electron chi connectivity index (χ1n) is 6.51. The van der Waals surface area contributed by atoms with Crippen molar-refractivity contribution in [3.63, 3.8) is 0 Å². The van der Waals surface area contributed by atoms with Crippen molar-refractivity contribution in [2.24, 2.45) is 0 Å². The van der Waals surface area contributed by atoms with Crippen LogP contribution < -0.4 is 15.4 Å². The lowest BCUT2D eigenvalue weighted by Crippen LogP contribution is -2.30. The third kappa shape index (κ3) is 4.57. The number of nitrogens with one attached hydrogen (secondary N) is 3. The van der Waals surface area contributed by atoms with E-state index in [0.29, 0.717) is 0 Å². The number of anilines is 2. The highest BCUT2D eigenvalue weighted by atomic mass is 19.4. The number of benzene rings is 1. The lowest BCUT2D eigenvalue weighted by Gasteiger charge is -2.08. The normalized spacial score (nSPS) is 11.2. The molecule has 1 amide bonds. The molecular formula is C13H11F5N4O2. The number of amides is 1. The fourth-order valence-corrected chi connectivity index (χ4v) is 1.62. The second-order valence-electron chi connectivity index (χ2n) is 4.45. The van der Waals surface area contributed by atoms with Gasteiger partial charge in [0.05, 0.1) is 5.69 Å². The van der Waals surface area contributed by atoms with Crippen molar-refractivity contribution in [3.8, 4) is 5.88 Å². The van der Waals surface area contributed by atoms with Gasteiger partial charge in [0.1, 0.15) is 12.4 Å². The summed E-state index contributed by atoms with van der Waals surface area (Å²) in [5, 5.41) is 9.83. The fourth-order valence-electron chi connectivity index (χ4n) is 1.62. The van der Waals surface area contributed by atoms with E-state index in [1.54, 1.807) is 5.32 Å². The Bertz CT molecular complexity index is 717. The van der Waals surface area contributed by atoms with Crippen LogP contribution in [0.3, 0.4) is 0 Å². The van der Waals surface area contributed by atoms with Crippen molar-refractivity contribution in [3.05, 3.63) is 35.9 Å². The van der Waals surface area contributed by atoms with Crippen LogP contribution in [0, 0.1) is 11.6 Å². The van der Waals surface area contributed by atoms with Gasteiger partial charge >= 0.3 is 12.1 Å². The van der Waals surface area contributed by atoms with E-state index in [1.165, 1.54) is 12.1 Å². The molecule has 0 aliphatic rings. The molecule has 130 valence electrons. The molecule has 24 heavy (non-hydrogen) atoms. The second-order valence-corrected chi connectivity index (χ2v) is 4.45. The summed E-state index contributed by atoms with van der Waals surface area (Å²) in [4.78, 5) is 10.7. The van der Waals surface area contributed by atoms with E-state index in [0.717, 1.165) is 12.1 Å². The molecule has 0 fully saturated rings. The molecule has 0 atom stereocenters. The number of carbonyl (C=O) groups is 1. The monoisotopic (exact) mass is 350 g/mol. The van der Waals surface area contributed by atoms with Gasteiger partial charge in [-0.25, -0.2) is 8.78 Å². The van der Waals surface area contributed by atoms with E-state index in [9.17, 15) is 26.7 Å². The lowest BCUT2D eigenvalue weighted by molar-refractivity contribution is -0.167. The molecule has 6 nitrogen and oxygen atoms in total. The summed E-state index contributed by atoms with van der Waals surface area (Å²) in [6.07, 6.45) is -5.02. The van der Waals surface area contributed by atoms with Gasteiger partial charge in [-0.1, -0.05) is 6.07 Å². The van der Waals surface area contributed by atoms with E-state index < -0.39 is 23.7 Å². The Morgan fingerprint density at radius 2 is 2.04 bits per heavy atom. The van der Waals surface area contributed by atoms with E-state index in [2.05, 4.69) is 15.5 Å². The number of ether oxygens (including phenoxy) is 1. The molecule has 1 aromatic carbocycles. The van der Waals surface area contributed by atoms with E-state index in [4.69, 9.17) is 4.74 Å². The molecule has 0 unspecified atom stereocenters. The molecule has 2 rings (SSSR count). The molecule has 2 aromatic rings. The zero-order valence-electron chi connectivity index (χ0n) is 11.9. The summed E-state index contributed by atoms with van der Waals surface area (Å²) in [6.45, 7) is 0.0466. The van der Waals surface area contributed by atoms with Gasteiger partial charge in [0, 0.05) is 12.6 Å². The third-order valence-corrected chi connectivity index (χ3v) is 2.68. The van der Waals surface area contributed by atoms with Crippen molar-refractivity contribution < 1.29 is 31.5 Å². The largest absolute Gasteiger partial charge is 0.475 e. The van der Waals surface area contributed by atoms with Crippen LogP contribution in [0.25, 0.3) is 0 Å². The molecule has 0 radical (unpaired) electrons. The van der Waals surface area contributed by atoms with Crippen LogP contribution in [0.15, 0.2) is 24.3 Å². The van der Waals surface area contributed by atoms with Gasteiger partial charge in [-0.15, -0.1) is 5.10 Å². The molecule has 1 heterocycles. The predicted molar refractivity (Wildman–Crippen MR) is 73.6 cm³/mol. The predicted octanol–water partition coefficient (Wildman–Crippen LogP) is 2.68. The smallest absolute Gasteiger partial charge is 0.471 e. The topological polar surface area (TPSA) is 79.0 Å². The quantitative estimate of drug-likeness (QED) is 0.553. The first-order chi connectivity index (χ1) is 11.3. The fraction of sp³-hybridized carbons (Fsp3) is 0.231. The van der Waals surface area contributed by atoms with E-state index in [-0.39, 0.29) is 30.5 Å². The Morgan fingerprint density at radius 1 is 1.29 bits per heavy atom. The number of aromatic amines is 1. The van der Waals surface area contributed by atoms with Crippen LogP contribution in [0.4, 0.5) is 33.5 Å². The summed E-state index contributed by atoms with van der Waals surface area (Å²) < 4.78 is 67.6. The molecule has 1 aromatic heterocycles. The molecule has 0 aliphatic carbocycles. The minimum Gasteiger partial charge on any atom is -0.475 e. The van der Waals surface area contributed by atoms with Gasteiger partial charge in [-0.2, -0.15) is 13.2 Å². The average molecular weight is 350 g/mol. The molecule has 11 heteroatoms. The summed E-state index contributed by atoms with van der Waals surface area (Å²) in [7, 11) is 0. The van der Waals surface area contributed by atoms with Crippen molar-refractivity contribution in [1.29, 1.82) is 0 Å². The van der Waals surface area contributed by atoms with Gasteiger partial charge in [0.15, 0.2) is 11.6 Å². The summed E-state index contributed by atoms with van der Waals surface area (Å²) in [6, 6.07) is 4.67. The number of aromatic nitrogens is 2. The second kappa shape index (κ2) is 7.15. The summed E-state index contributed by atoms with van der Waals surface area (Å²) >= 11 is 0. The Morgan fingerprint density at radius 3 is 2.75 bits per heavy atom. The van der Waals surface area contributed by atoms with Gasteiger partial charge < -0.3 is 15.4 Å². The number of hydrogen-bond acceptors (Lipinski definition) is 4. The summed E-state index contributed by atoms with van der Waals surface area (Å²) in [5.41, 5.74) is -0.0567. The standard InChI is InChI=1S/C13H11F5N4O2/c14-7-2-1-3-8(11(7)15)19-4-5-24-10-6-9(21-22-10)20-12(23)13(16,17)18/h1-3,6,19H,4-5H2,(H2,20,21,22,23). The van der Waals surface area contributed by atoms with Gasteiger partial charge in [0.25, 0.3) is 0 Å². The van der Waals surface area contributed by atoms with Crippen molar-refractivity contribution in [2.45, 2.75) is 6.18 Å². The number of alkyl halides is 3. The van der Waals surface area contributed by atoms with Gasteiger partial charge in [-0.05, 0) is 12.1 Å². The van der Waals surface area contributed by atoms with Crippen molar-refractivity contribution in [1.82, 2.24) is 10.2 Å². The van der Waals surface area contributed by atoms with Crippen molar-refractivity contribution in [2.75, 3.05) is 23.8 Å². The van der Waals surface area contributed by atoms with Crippen molar-refractivity contribution >= 4 is 17.4 Å². The zero-order chi connectivity index (χ0) is 17.7. The van der Waals surface area contributed by atoms with Crippen LogP contribution in [-0.2, 0) is 4.79 Å². The number of H-pyrrole nitrogens is 1. The highest BCUT2D eigenvalue weighted by Crippen LogP contribution is 2.19. The van der Waals surface area contributed by atoms with Crippen LogP contribution in [-0.4, -0.2) is 35.4 Å². The molecule has 0 bridgehead atoms. The van der Waals surface area contributed by atoms with Crippen LogP contribution in [0.1, 0.15) is 0 Å². The number of halogens is 5. The summed E-state index contributed by atoms with van der Waals surface area (Å²) in [5.74, 6) is -4.56. The SMILES string of the molecule is O=C(Nc1cc(OCCNc2cccc(F)c2F)n[nH]1)C(F)(F)F. The Hall–Kier alpha value is -2.85. The average Bonchev–Trinajstić information content (AvgIpc) is 2.94. The molecule has 0 saturated heterocycles. The van der Waals surface area contributed by atoms with Crippen LogP contribution >= 0.6 is 0 Å². The molecule has 0 spiro atoms. The minimum atomic E-state index is -5.02. The zero-order valence-corrected chi connectivity index (χ0v) is 11.9. The number of rotatable bonds is 6. The molecule has 0 aliphatic heterocycles. The number of hydrogen-bond donors (Lipinski definition) is 3. The third-order valence-electron chi connectivity index (χ3n) is 2.68. The number of carbonyl (C=O) groups excluding carboxylic acids is 1. The highest BCUT2D eigenvalue weighted by Gasteiger charge is 2.39. The first kappa shape index (κ1) is 17.5. The maximum absolute atomic E-state index is 13.3. The maximum atomic E-state index is 13.3. The van der Waals surface area contributed by atoms with E-state index in [1.807, 2.05) is 0 Å². The molecular weight excluding hydrogens is 339 g/mol. The molecule has 3 N–H and O–H groups in total. The Balaban J connectivity index is 1.79. The molecule has 0 saturated carbocycles. The highest BCUT2D eigenvalue weighted by molar-refractivity contribution is 5.94. The lowest BCUT2D eigenvalue weighted by atomic mass is 10.3. The van der Waals surface area contributed by atoms with Gasteiger partial charge in [-0.3, -0.25) is 9.89 Å². The van der Waals surface area contributed by atoms with Crippen LogP contribution in [0.2, 0.25) is 0 Å². The number of nitrogens with zero attached hydrogens (tertiary/aromatic N) is 1. The first-order valence-corrected chi connectivity index (χ1v) is 6.51. The van der Waals surface area contributed by atoms with Crippen LogP contribution in [0.5, 0.6) is 5.88 Å². The van der Waals surface area contributed by atoms with E-state index >= 15 is 0 Å².